The molecular formula is C16H19N3O. The topological polar surface area (TPSA) is 60.2 Å². The van der Waals surface area contributed by atoms with E-state index in [4.69, 9.17) is 10.6 Å². The molecule has 20 heavy (non-hydrogen) atoms. The Morgan fingerprint density at radius 2 is 2.00 bits per heavy atom. The van der Waals surface area contributed by atoms with Gasteiger partial charge in [-0.1, -0.05) is 12.1 Å². The Labute approximate surface area is 119 Å². The van der Waals surface area contributed by atoms with Crippen LogP contribution in [0.5, 0.6) is 5.75 Å². The molecular weight excluding hydrogens is 250 g/mol. The lowest BCUT2D eigenvalue weighted by atomic mass is 9.97. The van der Waals surface area contributed by atoms with E-state index < -0.39 is 0 Å². The van der Waals surface area contributed by atoms with Crippen LogP contribution in [0.3, 0.4) is 0 Å². The monoisotopic (exact) mass is 269 g/mol. The fourth-order valence-corrected chi connectivity index (χ4v) is 2.29. The third-order valence-corrected chi connectivity index (χ3v) is 3.58. The average Bonchev–Trinajstić information content (AvgIpc) is 3.27. The van der Waals surface area contributed by atoms with E-state index in [0.29, 0.717) is 6.10 Å². The molecule has 104 valence electrons. The van der Waals surface area contributed by atoms with Crippen molar-refractivity contribution in [2.45, 2.75) is 31.9 Å². The molecule has 1 saturated carbocycles. The lowest BCUT2D eigenvalue weighted by Crippen LogP contribution is -2.29. The van der Waals surface area contributed by atoms with E-state index in [-0.39, 0.29) is 6.04 Å². The van der Waals surface area contributed by atoms with E-state index in [9.17, 15) is 0 Å². The van der Waals surface area contributed by atoms with Gasteiger partial charge in [-0.25, -0.2) is 5.43 Å². The van der Waals surface area contributed by atoms with Crippen LogP contribution in [-0.2, 0) is 0 Å². The van der Waals surface area contributed by atoms with E-state index in [1.807, 2.05) is 31.3 Å². The Bertz CT molecular complexity index is 579. The molecule has 1 aromatic heterocycles. The van der Waals surface area contributed by atoms with Crippen LogP contribution < -0.4 is 16.0 Å². The number of hydrogen-bond acceptors (Lipinski definition) is 4. The molecule has 1 aromatic carbocycles. The van der Waals surface area contributed by atoms with Crippen molar-refractivity contribution in [3.05, 3.63) is 59.4 Å². The van der Waals surface area contributed by atoms with E-state index in [0.717, 1.165) is 22.4 Å². The predicted molar refractivity (Wildman–Crippen MR) is 78.2 cm³/mol. The van der Waals surface area contributed by atoms with Gasteiger partial charge in [0.25, 0.3) is 0 Å². The van der Waals surface area contributed by atoms with Gasteiger partial charge in [-0.2, -0.15) is 0 Å². The fourth-order valence-electron chi connectivity index (χ4n) is 2.29. The Balaban J connectivity index is 1.83. The molecule has 0 saturated heterocycles. The van der Waals surface area contributed by atoms with E-state index >= 15 is 0 Å². The van der Waals surface area contributed by atoms with Crippen LogP contribution in [-0.4, -0.2) is 11.1 Å². The van der Waals surface area contributed by atoms with Crippen molar-refractivity contribution in [3.63, 3.8) is 0 Å². The zero-order chi connectivity index (χ0) is 13.9. The number of hydrogen-bond donors (Lipinski definition) is 2. The molecule has 3 rings (SSSR count). The Morgan fingerprint density at radius 1 is 1.25 bits per heavy atom. The van der Waals surface area contributed by atoms with Crippen molar-refractivity contribution in [2.75, 3.05) is 0 Å². The van der Waals surface area contributed by atoms with Crippen molar-refractivity contribution in [2.24, 2.45) is 5.84 Å². The molecule has 2 aromatic rings. The molecule has 4 heteroatoms. The van der Waals surface area contributed by atoms with Crippen molar-refractivity contribution >= 4 is 0 Å². The molecule has 1 aliphatic carbocycles. The van der Waals surface area contributed by atoms with E-state index in [1.165, 1.54) is 12.8 Å². The van der Waals surface area contributed by atoms with Crippen LogP contribution >= 0.6 is 0 Å². The fraction of sp³-hybridized carbons (Fsp3) is 0.312. The Kier molecular flexibility index (Phi) is 3.67. The van der Waals surface area contributed by atoms with Crippen molar-refractivity contribution < 1.29 is 4.74 Å². The van der Waals surface area contributed by atoms with Crippen LogP contribution in [0.4, 0.5) is 0 Å². The zero-order valence-corrected chi connectivity index (χ0v) is 11.5. The number of nitrogens with two attached hydrogens (primary N) is 1. The number of ether oxygens (including phenoxy) is 1. The maximum atomic E-state index is 5.76. The largest absolute Gasteiger partial charge is 0.490 e. The molecule has 0 radical (unpaired) electrons. The maximum Gasteiger partial charge on any atom is 0.119 e. The van der Waals surface area contributed by atoms with Gasteiger partial charge >= 0.3 is 0 Å². The molecule has 1 unspecified atom stereocenters. The minimum absolute atomic E-state index is 0.0343. The van der Waals surface area contributed by atoms with Crippen molar-refractivity contribution in [1.29, 1.82) is 0 Å². The van der Waals surface area contributed by atoms with Crippen LogP contribution in [0.1, 0.15) is 35.6 Å². The number of aryl methyl sites for hydroxylation is 1. The summed E-state index contributed by atoms with van der Waals surface area (Å²) >= 11 is 0. The van der Waals surface area contributed by atoms with Gasteiger partial charge in [-0.05, 0) is 54.7 Å². The maximum absolute atomic E-state index is 5.76. The highest BCUT2D eigenvalue weighted by atomic mass is 16.5. The normalized spacial score (nSPS) is 15.9. The van der Waals surface area contributed by atoms with E-state index in [2.05, 4.69) is 22.5 Å². The minimum Gasteiger partial charge on any atom is -0.490 e. The van der Waals surface area contributed by atoms with Crippen molar-refractivity contribution in [1.82, 2.24) is 10.4 Å². The first-order chi connectivity index (χ1) is 9.78. The molecule has 1 fully saturated rings. The van der Waals surface area contributed by atoms with Gasteiger partial charge in [0.2, 0.25) is 0 Å². The molecule has 0 spiro atoms. The number of aromatic nitrogens is 1. The average molecular weight is 269 g/mol. The first-order valence-electron chi connectivity index (χ1n) is 6.91. The third-order valence-electron chi connectivity index (χ3n) is 3.58. The molecule has 0 amide bonds. The van der Waals surface area contributed by atoms with Gasteiger partial charge in [0.05, 0.1) is 12.1 Å². The second kappa shape index (κ2) is 5.61. The van der Waals surface area contributed by atoms with E-state index in [1.54, 1.807) is 6.20 Å². The predicted octanol–water partition coefficient (Wildman–Crippen LogP) is 2.48. The van der Waals surface area contributed by atoms with Crippen LogP contribution in [0.25, 0.3) is 0 Å². The summed E-state index contributed by atoms with van der Waals surface area (Å²) in [4.78, 5) is 4.12. The molecule has 1 heterocycles. The molecule has 0 bridgehead atoms. The van der Waals surface area contributed by atoms with Gasteiger partial charge in [-0.15, -0.1) is 0 Å². The molecule has 0 aliphatic heterocycles. The standard InChI is InChI=1S/C16H19N3O/c1-11-10-18-9-8-15(11)16(19-17)12-2-4-13(5-3-12)20-14-6-7-14/h2-5,8-10,14,16,19H,6-7,17H2,1H3. The number of pyridine rings is 1. The van der Waals surface area contributed by atoms with Crippen LogP contribution in [0.15, 0.2) is 42.7 Å². The smallest absolute Gasteiger partial charge is 0.119 e. The summed E-state index contributed by atoms with van der Waals surface area (Å²) in [5.41, 5.74) is 6.25. The number of hydrazine groups is 1. The lowest BCUT2D eigenvalue weighted by Gasteiger charge is -2.19. The summed E-state index contributed by atoms with van der Waals surface area (Å²) < 4.78 is 5.76. The van der Waals surface area contributed by atoms with Gasteiger partial charge in [0, 0.05) is 12.4 Å². The SMILES string of the molecule is Cc1cnccc1C(NN)c1ccc(OC2CC2)cc1. The number of nitrogens with one attached hydrogen (secondary N) is 1. The van der Waals surface area contributed by atoms with Gasteiger partial charge < -0.3 is 4.74 Å². The zero-order valence-electron chi connectivity index (χ0n) is 11.5. The summed E-state index contributed by atoms with van der Waals surface area (Å²) in [5, 5.41) is 0. The quantitative estimate of drug-likeness (QED) is 0.646. The summed E-state index contributed by atoms with van der Waals surface area (Å²) in [7, 11) is 0. The van der Waals surface area contributed by atoms with Gasteiger partial charge in [0.1, 0.15) is 5.75 Å². The summed E-state index contributed by atoms with van der Waals surface area (Å²) in [6.45, 7) is 2.04. The first-order valence-corrected chi connectivity index (χ1v) is 6.91. The molecule has 1 aliphatic rings. The summed E-state index contributed by atoms with van der Waals surface area (Å²) in [6, 6.07) is 10.1. The lowest BCUT2D eigenvalue weighted by molar-refractivity contribution is 0.303. The highest BCUT2D eigenvalue weighted by Gasteiger charge is 2.23. The second-order valence-corrected chi connectivity index (χ2v) is 5.22. The molecule has 3 N–H and O–H groups in total. The van der Waals surface area contributed by atoms with Crippen LogP contribution in [0.2, 0.25) is 0 Å². The Hall–Kier alpha value is -1.91. The minimum atomic E-state index is -0.0343. The van der Waals surface area contributed by atoms with Gasteiger partial charge in [-0.3, -0.25) is 10.8 Å². The van der Waals surface area contributed by atoms with Gasteiger partial charge in [0.15, 0.2) is 0 Å². The second-order valence-electron chi connectivity index (χ2n) is 5.22. The number of benzene rings is 1. The number of nitrogens with zero attached hydrogens (tertiary/aromatic N) is 1. The molecule has 1 atom stereocenters. The molecule has 4 nitrogen and oxygen atoms in total. The highest BCUT2D eigenvalue weighted by molar-refractivity contribution is 5.37. The Morgan fingerprint density at radius 3 is 2.60 bits per heavy atom. The van der Waals surface area contributed by atoms with Crippen molar-refractivity contribution in [3.8, 4) is 5.75 Å². The van der Waals surface area contributed by atoms with Crippen LogP contribution in [0, 0.1) is 6.92 Å². The summed E-state index contributed by atoms with van der Waals surface area (Å²) in [6.07, 6.45) is 6.41. The number of rotatable bonds is 5. The first kappa shape index (κ1) is 13.1. The highest BCUT2D eigenvalue weighted by Crippen LogP contribution is 2.29. The third kappa shape index (κ3) is 2.81. The summed E-state index contributed by atoms with van der Waals surface area (Å²) in [5.74, 6) is 6.66.